The van der Waals surface area contributed by atoms with Gasteiger partial charge in [-0.2, -0.15) is 0 Å². The molecule has 0 aromatic heterocycles. The first-order chi connectivity index (χ1) is 9.74. The second-order valence-corrected chi connectivity index (χ2v) is 6.64. The highest BCUT2D eigenvalue weighted by molar-refractivity contribution is 7.99. The van der Waals surface area contributed by atoms with E-state index in [2.05, 4.69) is 11.0 Å². The molecule has 3 rings (SSSR count). The van der Waals surface area contributed by atoms with Gasteiger partial charge in [-0.3, -0.25) is 9.69 Å². The Morgan fingerprint density at radius 2 is 2.20 bits per heavy atom. The lowest BCUT2D eigenvalue weighted by molar-refractivity contribution is -0.120. The number of anilines is 1. The number of amides is 1. The fourth-order valence-corrected chi connectivity index (χ4v) is 3.93. The van der Waals surface area contributed by atoms with Crippen molar-refractivity contribution in [3.8, 4) is 0 Å². The third-order valence-electron chi connectivity index (χ3n) is 3.93. The Kier molecular flexibility index (Phi) is 4.29. The van der Waals surface area contributed by atoms with Crippen molar-refractivity contribution in [3.63, 3.8) is 0 Å². The summed E-state index contributed by atoms with van der Waals surface area (Å²) in [5.74, 6) is 1.18. The van der Waals surface area contributed by atoms with Gasteiger partial charge < -0.3 is 10.6 Å². The Hall–Kier alpha value is -1.04. The van der Waals surface area contributed by atoms with Gasteiger partial charge in [0.25, 0.3) is 0 Å². The van der Waals surface area contributed by atoms with E-state index < -0.39 is 0 Å². The number of fused-ring (bicyclic) bond motifs is 1. The van der Waals surface area contributed by atoms with E-state index in [0.717, 1.165) is 43.9 Å². The molecule has 1 aromatic rings. The van der Waals surface area contributed by atoms with Crippen molar-refractivity contribution in [2.75, 3.05) is 36.8 Å². The fraction of sp³-hybridized carbons (Fsp3) is 0.533. The molecule has 4 nitrogen and oxygen atoms in total. The number of piperidine rings is 1. The first-order valence-corrected chi connectivity index (χ1v) is 8.23. The number of carbonyl (C=O) groups excluding carboxylic acids is 1. The lowest BCUT2D eigenvalue weighted by Crippen LogP contribution is -2.48. The van der Waals surface area contributed by atoms with E-state index in [1.54, 1.807) is 0 Å². The third-order valence-corrected chi connectivity index (χ3v) is 4.97. The zero-order valence-electron chi connectivity index (χ0n) is 11.6. The van der Waals surface area contributed by atoms with Crippen molar-refractivity contribution < 1.29 is 4.79 Å². The third kappa shape index (κ3) is 3.00. The molecule has 0 unspecified atom stereocenters. The van der Waals surface area contributed by atoms with E-state index in [-0.39, 0.29) is 11.9 Å². The van der Waals surface area contributed by atoms with Crippen molar-refractivity contribution >= 4 is 23.4 Å². The minimum absolute atomic E-state index is 0.201. The van der Waals surface area contributed by atoms with Crippen LogP contribution in [0.2, 0.25) is 0 Å². The number of para-hydroxylation sites is 1. The number of hydrogen-bond donors (Lipinski definition) is 1. The molecule has 1 fully saturated rings. The summed E-state index contributed by atoms with van der Waals surface area (Å²) in [4.78, 5) is 17.9. The van der Waals surface area contributed by atoms with Crippen LogP contribution >= 0.6 is 11.8 Å². The molecule has 1 aromatic carbocycles. The van der Waals surface area contributed by atoms with Gasteiger partial charge in [0, 0.05) is 29.8 Å². The molecule has 1 saturated heterocycles. The predicted octanol–water partition coefficient (Wildman–Crippen LogP) is 1.55. The summed E-state index contributed by atoms with van der Waals surface area (Å²) in [5, 5.41) is 0. The molecule has 1 amide bonds. The molecule has 0 aliphatic carbocycles. The van der Waals surface area contributed by atoms with Gasteiger partial charge in [-0.25, -0.2) is 0 Å². The molecular formula is C15H21N3OS. The van der Waals surface area contributed by atoms with Crippen LogP contribution in [-0.4, -0.2) is 48.8 Å². The summed E-state index contributed by atoms with van der Waals surface area (Å²) in [6.07, 6.45) is 2.18. The summed E-state index contributed by atoms with van der Waals surface area (Å²) in [5.41, 5.74) is 7.05. The standard InChI is InChI=1S/C15H21N3OS/c16-12-4-3-7-17(10-12)11-15(19)18-8-9-20-14-6-2-1-5-13(14)18/h1-2,5-6,12H,3-4,7-11,16H2/t12-/m1/s1. The average Bonchev–Trinajstić information content (AvgIpc) is 2.46. The first kappa shape index (κ1) is 13.9. The Balaban J connectivity index is 1.69. The molecule has 2 heterocycles. The quantitative estimate of drug-likeness (QED) is 0.898. The topological polar surface area (TPSA) is 49.6 Å². The normalized spacial score (nSPS) is 23.4. The van der Waals surface area contributed by atoms with E-state index in [1.807, 2.05) is 34.9 Å². The Bertz CT molecular complexity index is 494. The molecule has 2 aliphatic rings. The number of hydrogen-bond acceptors (Lipinski definition) is 4. The van der Waals surface area contributed by atoms with Gasteiger partial charge in [-0.15, -0.1) is 11.8 Å². The lowest BCUT2D eigenvalue weighted by Gasteiger charge is -2.34. The molecule has 0 bridgehead atoms. The number of benzene rings is 1. The van der Waals surface area contributed by atoms with Gasteiger partial charge in [0.2, 0.25) is 5.91 Å². The summed E-state index contributed by atoms with van der Waals surface area (Å²) < 4.78 is 0. The largest absolute Gasteiger partial charge is 0.327 e. The zero-order valence-corrected chi connectivity index (χ0v) is 12.4. The molecule has 1 atom stereocenters. The van der Waals surface area contributed by atoms with Gasteiger partial charge in [0.1, 0.15) is 0 Å². The summed E-state index contributed by atoms with van der Waals surface area (Å²) in [6, 6.07) is 8.39. The van der Waals surface area contributed by atoms with Gasteiger partial charge in [0.05, 0.1) is 12.2 Å². The summed E-state index contributed by atoms with van der Waals surface area (Å²) >= 11 is 1.83. The highest BCUT2D eigenvalue weighted by Gasteiger charge is 2.25. The van der Waals surface area contributed by atoms with E-state index in [1.165, 1.54) is 4.90 Å². The first-order valence-electron chi connectivity index (χ1n) is 7.24. The second-order valence-electron chi connectivity index (χ2n) is 5.50. The van der Waals surface area contributed by atoms with Gasteiger partial charge in [-0.1, -0.05) is 12.1 Å². The molecule has 2 N–H and O–H groups in total. The van der Waals surface area contributed by atoms with Crippen molar-refractivity contribution in [2.45, 2.75) is 23.8 Å². The lowest BCUT2D eigenvalue weighted by atomic mass is 10.1. The van der Waals surface area contributed by atoms with Gasteiger partial charge >= 0.3 is 0 Å². The minimum atomic E-state index is 0.201. The van der Waals surface area contributed by atoms with Crippen LogP contribution in [0.25, 0.3) is 0 Å². The van der Waals surface area contributed by atoms with Gasteiger partial charge in [0.15, 0.2) is 0 Å². The van der Waals surface area contributed by atoms with Gasteiger partial charge in [-0.05, 0) is 31.5 Å². The molecule has 0 saturated carbocycles. The molecule has 5 heteroatoms. The number of nitrogens with two attached hydrogens (primary N) is 1. The van der Waals surface area contributed by atoms with Crippen LogP contribution < -0.4 is 10.6 Å². The maximum Gasteiger partial charge on any atom is 0.241 e. The number of likely N-dealkylation sites (tertiary alicyclic amines) is 1. The molecular weight excluding hydrogens is 270 g/mol. The van der Waals surface area contributed by atoms with Crippen LogP contribution in [0.1, 0.15) is 12.8 Å². The monoisotopic (exact) mass is 291 g/mol. The van der Waals surface area contributed by atoms with Crippen LogP contribution in [0.3, 0.4) is 0 Å². The Morgan fingerprint density at radius 1 is 1.35 bits per heavy atom. The van der Waals surface area contributed by atoms with Crippen LogP contribution in [-0.2, 0) is 4.79 Å². The molecule has 0 radical (unpaired) electrons. The van der Waals surface area contributed by atoms with Crippen molar-refractivity contribution in [1.29, 1.82) is 0 Å². The Labute approximate surface area is 124 Å². The highest BCUT2D eigenvalue weighted by atomic mass is 32.2. The Morgan fingerprint density at radius 3 is 3.05 bits per heavy atom. The minimum Gasteiger partial charge on any atom is -0.327 e. The van der Waals surface area contributed by atoms with E-state index >= 15 is 0 Å². The average molecular weight is 291 g/mol. The molecule has 0 spiro atoms. The van der Waals surface area contributed by atoms with E-state index in [4.69, 9.17) is 5.73 Å². The predicted molar refractivity (Wildman–Crippen MR) is 83.2 cm³/mol. The zero-order chi connectivity index (χ0) is 13.9. The van der Waals surface area contributed by atoms with Crippen LogP contribution in [0.4, 0.5) is 5.69 Å². The smallest absolute Gasteiger partial charge is 0.241 e. The fourth-order valence-electron chi connectivity index (χ4n) is 2.94. The van der Waals surface area contributed by atoms with Crippen molar-refractivity contribution in [1.82, 2.24) is 4.90 Å². The van der Waals surface area contributed by atoms with Crippen molar-refractivity contribution in [3.05, 3.63) is 24.3 Å². The number of nitrogens with zero attached hydrogens (tertiary/aromatic N) is 2. The maximum atomic E-state index is 12.6. The number of rotatable bonds is 2. The summed E-state index contributed by atoms with van der Waals surface area (Å²) in [7, 11) is 0. The number of thioether (sulfide) groups is 1. The summed E-state index contributed by atoms with van der Waals surface area (Å²) in [6.45, 7) is 3.13. The SMILES string of the molecule is N[C@@H]1CCCN(CC(=O)N2CCSc3ccccc32)C1. The van der Waals surface area contributed by atoms with E-state index in [9.17, 15) is 4.79 Å². The van der Waals surface area contributed by atoms with Crippen LogP contribution in [0, 0.1) is 0 Å². The van der Waals surface area contributed by atoms with Crippen LogP contribution in [0.15, 0.2) is 29.2 Å². The maximum absolute atomic E-state index is 12.6. The molecule has 108 valence electrons. The van der Waals surface area contributed by atoms with Crippen molar-refractivity contribution in [2.24, 2.45) is 5.73 Å². The second kappa shape index (κ2) is 6.16. The number of carbonyl (C=O) groups is 1. The highest BCUT2D eigenvalue weighted by Crippen LogP contribution is 2.34. The van der Waals surface area contributed by atoms with Crippen LogP contribution in [0.5, 0.6) is 0 Å². The molecule has 2 aliphatic heterocycles. The van der Waals surface area contributed by atoms with E-state index in [0.29, 0.717) is 6.54 Å². The molecule has 20 heavy (non-hydrogen) atoms.